The third-order valence-corrected chi connectivity index (χ3v) is 2.95. The first-order valence-corrected chi connectivity index (χ1v) is 5.67. The van der Waals surface area contributed by atoms with Crippen LogP contribution < -0.4 is 0 Å². The summed E-state index contributed by atoms with van der Waals surface area (Å²) in [6, 6.07) is 5.42. The molecule has 1 aromatic rings. The maximum absolute atomic E-state index is 9.41. The van der Waals surface area contributed by atoms with E-state index in [9.17, 15) is 5.11 Å². The molecule has 1 rings (SSSR count). The van der Waals surface area contributed by atoms with Crippen LogP contribution in [-0.4, -0.2) is 11.7 Å². The average molecular weight is 247 g/mol. The largest absolute Gasteiger partial charge is 0.396 e. The van der Waals surface area contributed by atoms with E-state index in [1.165, 1.54) is 0 Å². The monoisotopic (exact) mass is 246 g/mol. The molecule has 0 fully saturated rings. The highest BCUT2D eigenvalue weighted by Gasteiger charge is 2.25. The van der Waals surface area contributed by atoms with Crippen LogP contribution in [0.2, 0.25) is 10.0 Å². The molecule has 0 aliphatic heterocycles. The molecule has 3 heteroatoms. The zero-order valence-electron chi connectivity index (χ0n) is 9.22. The highest BCUT2D eigenvalue weighted by atomic mass is 35.5. The molecule has 1 N–H and O–H groups in total. The average Bonchev–Trinajstić information content (AvgIpc) is 1.99. The maximum atomic E-state index is 9.41. The van der Waals surface area contributed by atoms with Crippen LogP contribution in [0.3, 0.4) is 0 Å². The number of rotatable bonds is 2. The number of aliphatic hydroxyl groups excluding tert-OH is 1. The van der Waals surface area contributed by atoms with Crippen molar-refractivity contribution in [2.75, 3.05) is 6.61 Å². The van der Waals surface area contributed by atoms with Gasteiger partial charge in [-0.2, -0.15) is 0 Å². The molecular weight excluding hydrogens is 231 g/mol. The Balaban J connectivity index is 3.13. The molecule has 0 bridgehead atoms. The van der Waals surface area contributed by atoms with Crippen LogP contribution in [0, 0.1) is 5.41 Å². The SMILES string of the molecule is CC(C)(C)C(CO)c1cc(Cl)cc(Cl)c1. The molecule has 0 saturated carbocycles. The Morgan fingerprint density at radius 2 is 1.60 bits per heavy atom. The lowest BCUT2D eigenvalue weighted by Gasteiger charge is -2.29. The predicted molar refractivity (Wildman–Crippen MR) is 65.7 cm³/mol. The standard InChI is InChI=1S/C12H16Cl2O/c1-12(2,3)11(7-15)8-4-9(13)6-10(14)5-8/h4-6,11,15H,7H2,1-3H3. The van der Waals surface area contributed by atoms with Gasteiger partial charge in [-0.1, -0.05) is 44.0 Å². The van der Waals surface area contributed by atoms with Gasteiger partial charge in [-0.3, -0.25) is 0 Å². The van der Waals surface area contributed by atoms with Gasteiger partial charge in [-0.15, -0.1) is 0 Å². The predicted octanol–water partition coefficient (Wildman–Crippen LogP) is 4.12. The summed E-state index contributed by atoms with van der Waals surface area (Å²) in [5.74, 6) is 0.0497. The minimum absolute atomic E-state index is 0.0111. The van der Waals surface area contributed by atoms with Crippen molar-refractivity contribution in [1.82, 2.24) is 0 Å². The summed E-state index contributed by atoms with van der Waals surface area (Å²) in [5.41, 5.74) is 0.977. The third-order valence-electron chi connectivity index (χ3n) is 2.52. The van der Waals surface area contributed by atoms with E-state index in [1.54, 1.807) is 6.07 Å². The van der Waals surface area contributed by atoms with Gasteiger partial charge < -0.3 is 5.11 Å². The molecule has 0 aliphatic carbocycles. The molecule has 0 aromatic heterocycles. The van der Waals surface area contributed by atoms with Crippen molar-refractivity contribution < 1.29 is 5.11 Å². The van der Waals surface area contributed by atoms with Crippen molar-refractivity contribution in [1.29, 1.82) is 0 Å². The van der Waals surface area contributed by atoms with E-state index in [-0.39, 0.29) is 17.9 Å². The van der Waals surface area contributed by atoms with Gasteiger partial charge in [0.2, 0.25) is 0 Å². The van der Waals surface area contributed by atoms with Crippen molar-refractivity contribution in [2.45, 2.75) is 26.7 Å². The van der Waals surface area contributed by atoms with Gasteiger partial charge in [0.25, 0.3) is 0 Å². The minimum Gasteiger partial charge on any atom is -0.396 e. The number of hydrogen-bond donors (Lipinski definition) is 1. The lowest BCUT2D eigenvalue weighted by atomic mass is 9.77. The number of benzene rings is 1. The van der Waals surface area contributed by atoms with Gasteiger partial charge in [0.15, 0.2) is 0 Å². The summed E-state index contributed by atoms with van der Waals surface area (Å²) < 4.78 is 0. The smallest absolute Gasteiger partial charge is 0.0504 e. The molecule has 0 aliphatic rings. The van der Waals surface area contributed by atoms with Crippen LogP contribution in [0.4, 0.5) is 0 Å². The molecular formula is C12H16Cl2O. The molecule has 0 saturated heterocycles. The third kappa shape index (κ3) is 3.37. The Hall–Kier alpha value is -0.240. The first-order valence-electron chi connectivity index (χ1n) is 4.91. The van der Waals surface area contributed by atoms with Crippen LogP contribution in [-0.2, 0) is 0 Å². The molecule has 1 unspecified atom stereocenters. The fourth-order valence-electron chi connectivity index (χ4n) is 1.66. The zero-order valence-corrected chi connectivity index (χ0v) is 10.7. The molecule has 15 heavy (non-hydrogen) atoms. The molecule has 1 aromatic carbocycles. The summed E-state index contributed by atoms with van der Waals surface area (Å²) in [6.07, 6.45) is 0. The van der Waals surface area contributed by atoms with Crippen LogP contribution in [0.1, 0.15) is 32.3 Å². The number of hydrogen-bond acceptors (Lipinski definition) is 1. The van der Waals surface area contributed by atoms with Crippen molar-refractivity contribution in [3.63, 3.8) is 0 Å². The van der Waals surface area contributed by atoms with E-state index in [2.05, 4.69) is 20.8 Å². The normalized spacial score (nSPS) is 14.0. The molecule has 0 spiro atoms. The van der Waals surface area contributed by atoms with Crippen LogP contribution in [0.5, 0.6) is 0 Å². The summed E-state index contributed by atoms with van der Waals surface area (Å²) in [4.78, 5) is 0. The maximum Gasteiger partial charge on any atom is 0.0504 e. The van der Waals surface area contributed by atoms with E-state index in [0.717, 1.165) is 5.56 Å². The first-order chi connectivity index (χ1) is 6.84. The van der Waals surface area contributed by atoms with Gasteiger partial charge in [0.05, 0.1) is 6.61 Å². The van der Waals surface area contributed by atoms with Crippen molar-refractivity contribution in [3.05, 3.63) is 33.8 Å². The fourth-order valence-corrected chi connectivity index (χ4v) is 2.20. The quantitative estimate of drug-likeness (QED) is 0.833. The van der Waals surface area contributed by atoms with Crippen molar-refractivity contribution in [2.24, 2.45) is 5.41 Å². The lowest BCUT2D eigenvalue weighted by Crippen LogP contribution is -2.21. The molecule has 1 atom stereocenters. The molecule has 0 radical (unpaired) electrons. The second-order valence-corrected chi connectivity index (χ2v) is 5.68. The van der Waals surface area contributed by atoms with Gasteiger partial charge in [0, 0.05) is 16.0 Å². The Bertz CT molecular complexity index is 322. The second kappa shape index (κ2) is 4.73. The summed E-state index contributed by atoms with van der Waals surface area (Å²) in [7, 11) is 0. The van der Waals surface area contributed by atoms with Gasteiger partial charge >= 0.3 is 0 Å². The second-order valence-electron chi connectivity index (χ2n) is 4.80. The van der Waals surface area contributed by atoms with Crippen molar-refractivity contribution >= 4 is 23.2 Å². The van der Waals surface area contributed by atoms with Crippen LogP contribution in [0.15, 0.2) is 18.2 Å². The van der Waals surface area contributed by atoms with E-state index in [1.807, 2.05) is 12.1 Å². The molecule has 84 valence electrons. The van der Waals surface area contributed by atoms with Crippen molar-refractivity contribution in [3.8, 4) is 0 Å². The van der Waals surface area contributed by atoms with E-state index in [0.29, 0.717) is 10.0 Å². The van der Waals surface area contributed by atoms with E-state index >= 15 is 0 Å². The van der Waals surface area contributed by atoms with Gasteiger partial charge in [-0.25, -0.2) is 0 Å². The van der Waals surface area contributed by atoms with E-state index < -0.39 is 0 Å². The molecule has 0 amide bonds. The van der Waals surface area contributed by atoms with Crippen LogP contribution >= 0.6 is 23.2 Å². The summed E-state index contributed by atoms with van der Waals surface area (Å²) >= 11 is 11.9. The van der Waals surface area contributed by atoms with E-state index in [4.69, 9.17) is 23.2 Å². The first kappa shape index (κ1) is 12.8. The zero-order chi connectivity index (χ0) is 11.6. The Morgan fingerprint density at radius 3 is 1.93 bits per heavy atom. The van der Waals surface area contributed by atoms with Gasteiger partial charge in [0.1, 0.15) is 0 Å². The van der Waals surface area contributed by atoms with Crippen LogP contribution in [0.25, 0.3) is 0 Å². The lowest BCUT2D eigenvalue weighted by molar-refractivity contribution is 0.187. The minimum atomic E-state index is -0.0111. The topological polar surface area (TPSA) is 20.2 Å². The molecule has 0 heterocycles. The number of aliphatic hydroxyl groups is 1. The summed E-state index contributed by atoms with van der Waals surface area (Å²) in [6.45, 7) is 6.36. The highest BCUT2D eigenvalue weighted by molar-refractivity contribution is 6.34. The highest BCUT2D eigenvalue weighted by Crippen LogP contribution is 2.36. The van der Waals surface area contributed by atoms with Gasteiger partial charge in [-0.05, 0) is 29.2 Å². The fraction of sp³-hybridized carbons (Fsp3) is 0.500. The summed E-state index contributed by atoms with van der Waals surface area (Å²) in [5, 5.41) is 10.6. The Kier molecular flexibility index (Phi) is 4.05. The Labute approximate surface area is 101 Å². The Morgan fingerprint density at radius 1 is 1.13 bits per heavy atom. The number of halogens is 2. The molecule has 1 nitrogen and oxygen atoms in total.